The molecule has 10 aromatic rings. The standard InChI is InChI=1S/C27H20F2NO.C26H22NO.C13H24O2.Ir/c1-16-12-22-21-4-2-3-5-24(21)31-26(22)23(13-16)25-20-7-6-17(14-18(20)9-11-30-25)19-8-10-27(28,29)15-19;1-16(2)12-18-8-9-20-19(15-18)10-11-27-25(20)23-14-17(3)13-22-21-6-4-5-7-24(21)28-26(22)23;1-5-10(6-2)12(14)9-13(15)11(7-3)8-4;/h2-7,9,11-12,14,19H,8,10,15H2,1H3;4-11,13,15-16H,12H2,1-3H3;9-11,14H,5-8H2,1-4H3;/q2*-1;;/b;;12-9-;. The van der Waals surface area contributed by atoms with Crippen LogP contribution in [0.5, 0.6) is 0 Å². The number of carbonyl (C=O) groups is 1. The number of aliphatic hydroxyl groups excluding tert-OH is 1. The molecule has 1 atom stereocenters. The molecule has 389 valence electrons. The normalized spacial score (nSPS) is 14.5. The zero-order valence-corrected chi connectivity index (χ0v) is 46.6. The third-order valence-corrected chi connectivity index (χ3v) is 14.8. The van der Waals surface area contributed by atoms with E-state index in [2.05, 4.69) is 92.5 Å². The van der Waals surface area contributed by atoms with Crippen LogP contribution < -0.4 is 0 Å². The molecule has 1 unspecified atom stereocenters. The topological polar surface area (TPSA) is 89.4 Å². The number of hydrogen-bond donors (Lipinski definition) is 1. The van der Waals surface area contributed by atoms with Crippen LogP contribution in [-0.4, -0.2) is 26.8 Å². The summed E-state index contributed by atoms with van der Waals surface area (Å²) in [6.07, 6.45) is 10.1. The molecule has 6 aromatic carbocycles. The Morgan fingerprint density at radius 1 is 0.680 bits per heavy atom. The first-order valence-corrected chi connectivity index (χ1v) is 26.5. The van der Waals surface area contributed by atoms with Crippen molar-refractivity contribution in [2.75, 3.05) is 0 Å². The number of benzene rings is 6. The quantitative estimate of drug-likeness (QED) is 0.0745. The fourth-order valence-corrected chi connectivity index (χ4v) is 10.8. The van der Waals surface area contributed by atoms with Gasteiger partial charge < -0.3 is 23.9 Å². The number of aliphatic hydroxyl groups is 1. The number of fused-ring (bicyclic) bond motifs is 8. The number of allylic oxidation sites excluding steroid dienone is 2. The van der Waals surface area contributed by atoms with Crippen LogP contribution in [-0.2, 0) is 31.3 Å². The second-order valence-corrected chi connectivity index (χ2v) is 20.6. The van der Waals surface area contributed by atoms with Gasteiger partial charge in [-0.3, -0.25) is 4.79 Å². The maximum Gasteiger partial charge on any atom is 0.248 e. The number of aryl methyl sites for hydroxylation is 2. The Bertz CT molecular complexity index is 3680. The molecule has 11 rings (SSSR count). The predicted octanol–water partition coefficient (Wildman–Crippen LogP) is 18.8. The molecule has 0 bridgehead atoms. The molecule has 0 aliphatic heterocycles. The molecule has 1 aliphatic carbocycles. The van der Waals surface area contributed by atoms with Gasteiger partial charge in [0.05, 0.1) is 16.9 Å². The molecule has 75 heavy (non-hydrogen) atoms. The minimum absolute atomic E-state index is 0. The molecule has 1 fully saturated rings. The number of alkyl halides is 2. The van der Waals surface area contributed by atoms with E-state index in [1.807, 2.05) is 95.4 Å². The monoisotopic (exact) mass is 1180 g/mol. The largest absolute Gasteiger partial charge is 0.512 e. The first kappa shape index (κ1) is 54.7. The summed E-state index contributed by atoms with van der Waals surface area (Å²) in [5, 5.41) is 18.5. The van der Waals surface area contributed by atoms with Gasteiger partial charge in [0.15, 0.2) is 5.78 Å². The van der Waals surface area contributed by atoms with Gasteiger partial charge in [0.2, 0.25) is 5.92 Å². The van der Waals surface area contributed by atoms with E-state index in [0.717, 1.165) is 131 Å². The van der Waals surface area contributed by atoms with Gasteiger partial charge in [-0.15, -0.1) is 35.4 Å². The van der Waals surface area contributed by atoms with Crippen molar-refractivity contribution in [3.8, 4) is 22.5 Å². The summed E-state index contributed by atoms with van der Waals surface area (Å²) in [6, 6.07) is 44.1. The van der Waals surface area contributed by atoms with Gasteiger partial charge in [0, 0.05) is 74.0 Å². The number of para-hydroxylation sites is 2. The van der Waals surface area contributed by atoms with E-state index in [-0.39, 0.29) is 62.2 Å². The summed E-state index contributed by atoms with van der Waals surface area (Å²) in [7, 11) is 0. The summed E-state index contributed by atoms with van der Waals surface area (Å²) < 4.78 is 39.9. The van der Waals surface area contributed by atoms with E-state index in [0.29, 0.717) is 12.3 Å². The van der Waals surface area contributed by atoms with E-state index < -0.39 is 5.92 Å². The fraction of sp³-hybridized carbons (Fsp3) is 0.318. The van der Waals surface area contributed by atoms with E-state index in [1.54, 1.807) is 6.20 Å². The van der Waals surface area contributed by atoms with E-state index in [1.165, 1.54) is 17.0 Å². The van der Waals surface area contributed by atoms with Gasteiger partial charge in [-0.25, -0.2) is 8.78 Å². The first-order chi connectivity index (χ1) is 35.7. The number of rotatable bonds is 12. The van der Waals surface area contributed by atoms with Crippen molar-refractivity contribution < 1.29 is 47.6 Å². The van der Waals surface area contributed by atoms with Gasteiger partial charge in [-0.2, -0.15) is 0 Å². The van der Waals surface area contributed by atoms with Crippen molar-refractivity contribution in [3.63, 3.8) is 0 Å². The number of ketones is 1. The number of furan rings is 2. The molecule has 4 aromatic heterocycles. The van der Waals surface area contributed by atoms with Gasteiger partial charge >= 0.3 is 0 Å². The molecular weight excluding hydrogens is 1110 g/mol. The summed E-state index contributed by atoms with van der Waals surface area (Å²) in [6.45, 7) is 16.7. The Balaban J connectivity index is 0.000000158. The SMILES string of the molecule is CCC(CC)C(=O)/C=C(\O)C(CC)CC.Cc1[c-]c(-c2nccc3cc(C4CCC(F)(F)C4)ccc23)c2oc3ccccc3c2c1.Cc1[c-]c(-c2nccc3cc(CC(C)C)ccc23)c2oc3ccccc3c2c1.[Ir]. The molecular formula is C66H66F2IrN2O4-2. The van der Waals surface area contributed by atoms with Crippen molar-refractivity contribution in [2.24, 2.45) is 17.8 Å². The summed E-state index contributed by atoms with van der Waals surface area (Å²) >= 11 is 0. The van der Waals surface area contributed by atoms with E-state index in [9.17, 15) is 18.7 Å². The zero-order valence-electron chi connectivity index (χ0n) is 44.2. The van der Waals surface area contributed by atoms with Gasteiger partial charge in [-0.1, -0.05) is 150 Å². The van der Waals surface area contributed by atoms with Crippen LogP contribution in [0.4, 0.5) is 8.78 Å². The van der Waals surface area contributed by atoms with Crippen LogP contribution in [0.3, 0.4) is 0 Å². The third-order valence-electron chi connectivity index (χ3n) is 14.8. The maximum atomic E-state index is 13.7. The number of nitrogens with zero attached hydrogens (tertiary/aromatic N) is 2. The van der Waals surface area contributed by atoms with Crippen LogP contribution in [0.15, 0.2) is 142 Å². The van der Waals surface area contributed by atoms with Crippen molar-refractivity contribution in [1.29, 1.82) is 0 Å². The number of hydrogen-bond acceptors (Lipinski definition) is 6. The molecule has 6 nitrogen and oxygen atoms in total. The van der Waals surface area contributed by atoms with Gasteiger partial charge in [0.1, 0.15) is 11.2 Å². The smallest absolute Gasteiger partial charge is 0.248 e. The van der Waals surface area contributed by atoms with Crippen LogP contribution in [0.25, 0.3) is 87.9 Å². The second-order valence-electron chi connectivity index (χ2n) is 20.6. The zero-order chi connectivity index (χ0) is 52.3. The maximum absolute atomic E-state index is 13.7. The average molecular weight is 1180 g/mol. The Labute approximate surface area is 453 Å². The van der Waals surface area contributed by atoms with E-state index in [4.69, 9.17) is 13.8 Å². The number of halogens is 2. The summed E-state index contributed by atoms with van der Waals surface area (Å²) in [4.78, 5) is 21.1. The Kier molecular flexibility index (Phi) is 17.2. The molecule has 1 radical (unpaired) electrons. The Morgan fingerprint density at radius 3 is 1.68 bits per heavy atom. The van der Waals surface area contributed by atoms with Crippen LogP contribution in [0.2, 0.25) is 0 Å². The van der Waals surface area contributed by atoms with Crippen LogP contribution in [0, 0.1) is 43.7 Å². The average Bonchev–Trinajstić information content (AvgIpc) is 4.08. The summed E-state index contributed by atoms with van der Waals surface area (Å²) in [5.41, 5.74) is 11.3. The molecule has 1 N–H and O–H groups in total. The number of pyridine rings is 2. The molecule has 1 saturated carbocycles. The van der Waals surface area contributed by atoms with Crippen LogP contribution >= 0.6 is 0 Å². The van der Waals surface area contributed by atoms with Gasteiger partial charge in [-0.05, 0) is 119 Å². The second kappa shape index (κ2) is 23.6. The minimum atomic E-state index is -2.55. The predicted molar refractivity (Wildman–Crippen MR) is 300 cm³/mol. The van der Waals surface area contributed by atoms with Crippen LogP contribution in [0.1, 0.15) is 115 Å². The van der Waals surface area contributed by atoms with Crippen molar-refractivity contribution >= 4 is 71.2 Å². The molecule has 4 heterocycles. The van der Waals surface area contributed by atoms with E-state index >= 15 is 0 Å². The summed E-state index contributed by atoms with van der Waals surface area (Å²) in [5.74, 6) is -1.46. The molecule has 0 spiro atoms. The molecule has 0 saturated heterocycles. The Morgan fingerprint density at radius 2 is 1.19 bits per heavy atom. The number of carbonyl (C=O) groups excluding carboxylic acids is 1. The third kappa shape index (κ3) is 11.8. The Hall–Kier alpha value is -6.54. The van der Waals surface area contributed by atoms with Crippen molar-refractivity contribution in [3.05, 3.63) is 168 Å². The fourth-order valence-electron chi connectivity index (χ4n) is 10.8. The molecule has 0 amide bonds. The first-order valence-electron chi connectivity index (χ1n) is 26.5. The molecule has 9 heteroatoms. The number of aromatic nitrogens is 2. The minimum Gasteiger partial charge on any atom is -0.512 e. The van der Waals surface area contributed by atoms with Crippen molar-refractivity contribution in [2.45, 2.75) is 119 Å². The van der Waals surface area contributed by atoms with Gasteiger partial charge in [0.25, 0.3) is 0 Å². The molecule has 1 aliphatic rings. The van der Waals surface area contributed by atoms with Crippen molar-refractivity contribution in [1.82, 2.24) is 9.97 Å².